The lowest BCUT2D eigenvalue weighted by atomic mass is 9.99. The van der Waals surface area contributed by atoms with Gasteiger partial charge in [0.05, 0.1) is 18.9 Å². The minimum atomic E-state index is -0.264. The van der Waals surface area contributed by atoms with Crippen molar-refractivity contribution < 1.29 is 9.15 Å². The molecule has 0 aliphatic carbocycles. The van der Waals surface area contributed by atoms with Crippen molar-refractivity contribution in [3.05, 3.63) is 51.9 Å². The molecule has 18 heavy (non-hydrogen) atoms. The molecular formula is C14H16BrNO2. The first-order chi connectivity index (χ1) is 8.63. The number of furan rings is 1. The topological polar surface area (TPSA) is 48.4 Å². The molecule has 0 radical (unpaired) electrons. The Morgan fingerprint density at radius 1 is 1.33 bits per heavy atom. The number of hydrogen-bond donors (Lipinski definition) is 1. The van der Waals surface area contributed by atoms with Gasteiger partial charge >= 0.3 is 0 Å². The van der Waals surface area contributed by atoms with Crippen molar-refractivity contribution >= 4 is 15.9 Å². The number of nitrogens with two attached hydrogens (primary N) is 1. The molecule has 0 bridgehead atoms. The quantitative estimate of drug-likeness (QED) is 0.934. The molecule has 1 aromatic heterocycles. The van der Waals surface area contributed by atoms with Crippen molar-refractivity contribution in [2.75, 3.05) is 6.61 Å². The molecule has 0 saturated heterocycles. The van der Waals surface area contributed by atoms with Crippen molar-refractivity contribution in [2.45, 2.75) is 19.9 Å². The predicted octanol–water partition coefficient (Wildman–Crippen LogP) is 3.80. The van der Waals surface area contributed by atoms with E-state index in [1.165, 1.54) is 0 Å². The van der Waals surface area contributed by atoms with E-state index in [-0.39, 0.29) is 6.04 Å². The monoisotopic (exact) mass is 309 g/mol. The maximum absolute atomic E-state index is 6.29. The van der Waals surface area contributed by atoms with Gasteiger partial charge < -0.3 is 14.9 Å². The van der Waals surface area contributed by atoms with Crippen LogP contribution in [0.2, 0.25) is 0 Å². The minimum absolute atomic E-state index is 0.264. The van der Waals surface area contributed by atoms with E-state index in [1.54, 1.807) is 6.26 Å². The molecule has 0 saturated carbocycles. The number of aryl methyl sites for hydroxylation is 1. The van der Waals surface area contributed by atoms with Gasteiger partial charge in [0.1, 0.15) is 5.75 Å². The third-order valence-corrected chi connectivity index (χ3v) is 3.43. The zero-order valence-electron chi connectivity index (χ0n) is 10.4. The van der Waals surface area contributed by atoms with Crippen molar-refractivity contribution in [3.8, 4) is 5.75 Å². The van der Waals surface area contributed by atoms with Crippen LogP contribution in [0.4, 0.5) is 0 Å². The smallest absolute Gasteiger partial charge is 0.174 e. The van der Waals surface area contributed by atoms with E-state index in [1.807, 2.05) is 32.0 Å². The molecule has 2 aromatic rings. The van der Waals surface area contributed by atoms with Gasteiger partial charge in [-0.2, -0.15) is 0 Å². The fraction of sp³-hybridized carbons (Fsp3) is 0.286. The van der Waals surface area contributed by atoms with Gasteiger partial charge in [0, 0.05) is 11.1 Å². The summed E-state index contributed by atoms with van der Waals surface area (Å²) in [6, 6.07) is 7.63. The van der Waals surface area contributed by atoms with Crippen LogP contribution in [0.15, 0.2) is 39.6 Å². The Kier molecular flexibility index (Phi) is 4.09. The highest BCUT2D eigenvalue weighted by Crippen LogP contribution is 2.33. The van der Waals surface area contributed by atoms with E-state index in [0.717, 1.165) is 22.4 Å². The highest BCUT2D eigenvalue weighted by molar-refractivity contribution is 9.10. The van der Waals surface area contributed by atoms with Gasteiger partial charge in [-0.15, -0.1) is 0 Å². The SMILES string of the molecule is CCOc1ccc(C)cc1C(N)c1ccoc1Br. The summed E-state index contributed by atoms with van der Waals surface area (Å²) >= 11 is 3.36. The number of hydrogen-bond acceptors (Lipinski definition) is 3. The standard InChI is InChI=1S/C14H16BrNO2/c1-3-17-12-5-4-9(2)8-11(12)13(16)10-6-7-18-14(10)15/h4-8,13H,3,16H2,1-2H3. The molecule has 3 nitrogen and oxygen atoms in total. The molecule has 2 rings (SSSR count). The highest BCUT2D eigenvalue weighted by atomic mass is 79.9. The molecule has 0 aliphatic rings. The van der Waals surface area contributed by atoms with E-state index >= 15 is 0 Å². The second kappa shape index (κ2) is 5.59. The van der Waals surface area contributed by atoms with Crippen LogP contribution in [-0.2, 0) is 0 Å². The Hall–Kier alpha value is -1.26. The highest BCUT2D eigenvalue weighted by Gasteiger charge is 2.18. The Morgan fingerprint density at radius 2 is 2.11 bits per heavy atom. The first kappa shape index (κ1) is 13.2. The lowest BCUT2D eigenvalue weighted by molar-refractivity contribution is 0.335. The third kappa shape index (κ3) is 2.60. The molecule has 1 unspecified atom stereocenters. The summed E-state index contributed by atoms with van der Waals surface area (Å²) < 4.78 is 11.5. The number of benzene rings is 1. The maximum Gasteiger partial charge on any atom is 0.174 e. The van der Waals surface area contributed by atoms with Crippen LogP contribution < -0.4 is 10.5 Å². The molecule has 2 N–H and O–H groups in total. The molecular weight excluding hydrogens is 294 g/mol. The first-order valence-electron chi connectivity index (χ1n) is 5.85. The fourth-order valence-electron chi connectivity index (χ4n) is 1.89. The Labute approximate surface area is 115 Å². The Balaban J connectivity index is 2.43. The van der Waals surface area contributed by atoms with Crippen LogP contribution in [0.25, 0.3) is 0 Å². The molecule has 96 valence electrons. The minimum Gasteiger partial charge on any atom is -0.494 e. The zero-order valence-corrected chi connectivity index (χ0v) is 12.0. The second-order valence-electron chi connectivity index (χ2n) is 4.10. The second-order valence-corrected chi connectivity index (χ2v) is 4.82. The summed E-state index contributed by atoms with van der Waals surface area (Å²) in [5.74, 6) is 0.823. The van der Waals surface area contributed by atoms with Crippen LogP contribution in [0.1, 0.15) is 29.7 Å². The molecule has 1 aromatic carbocycles. The van der Waals surface area contributed by atoms with Crippen molar-refractivity contribution in [1.29, 1.82) is 0 Å². The summed E-state index contributed by atoms with van der Waals surface area (Å²) in [6.07, 6.45) is 1.62. The Morgan fingerprint density at radius 3 is 2.72 bits per heavy atom. The maximum atomic E-state index is 6.29. The molecule has 0 spiro atoms. The van der Waals surface area contributed by atoms with Gasteiger partial charge in [0.25, 0.3) is 0 Å². The number of rotatable bonds is 4. The molecule has 1 heterocycles. The van der Waals surface area contributed by atoms with Crippen LogP contribution in [0.5, 0.6) is 5.75 Å². The lowest BCUT2D eigenvalue weighted by Gasteiger charge is -2.16. The molecule has 0 aliphatic heterocycles. The van der Waals surface area contributed by atoms with Crippen LogP contribution in [0, 0.1) is 6.92 Å². The summed E-state index contributed by atoms with van der Waals surface area (Å²) in [6.45, 7) is 4.62. The predicted molar refractivity (Wildman–Crippen MR) is 74.8 cm³/mol. The van der Waals surface area contributed by atoms with Crippen molar-refractivity contribution in [1.82, 2.24) is 0 Å². The summed E-state index contributed by atoms with van der Waals surface area (Å²) in [7, 11) is 0. The third-order valence-electron chi connectivity index (χ3n) is 2.78. The lowest BCUT2D eigenvalue weighted by Crippen LogP contribution is -2.13. The van der Waals surface area contributed by atoms with E-state index in [0.29, 0.717) is 11.3 Å². The number of halogens is 1. The van der Waals surface area contributed by atoms with E-state index < -0.39 is 0 Å². The van der Waals surface area contributed by atoms with Crippen molar-refractivity contribution in [2.24, 2.45) is 5.73 Å². The van der Waals surface area contributed by atoms with Crippen LogP contribution in [-0.4, -0.2) is 6.61 Å². The average Bonchev–Trinajstić information content (AvgIpc) is 2.77. The zero-order chi connectivity index (χ0) is 13.1. The molecule has 0 amide bonds. The fourth-order valence-corrected chi connectivity index (χ4v) is 2.38. The largest absolute Gasteiger partial charge is 0.494 e. The van der Waals surface area contributed by atoms with Crippen LogP contribution >= 0.6 is 15.9 Å². The normalized spacial score (nSPS) is 12.4. The van der Waals surface area contributed by atoms with Gasteiger partial charge in [-0.1, -0.05) is 17.7 Å². The van der Waals surface area contributed by atoms with E-state index in [9.17, 15) is 0 Å². The number of ether oxygens (including phenoxy) is 1. The van der Waals surface area contributed by atoms with Gasteiger partial charge in [-0.25, -0.2) is 0 Å². The average molecular weight is 310 g/mol. The van der Waals surface area contributed by atoms with Gasteiger partial charge in [0.2, 0.25) is 0 Å². The molecule has 4 heteroatoms. The molecule has 0 fully saturated rings. The van der Waals surface area contributed by atoms with Gasteiger partial charge in [0.15, 0.2) is 4.67 Å². The van der Waals surface area contributed by atoms with E-state index in [4.69, 9.17) is 14.9 Å². The first-order valence-corrected chi connectivity index (χ1v) is 6.64. The molecule has 1 atom stereocenters. The Bertz CT molecular complexity index is 536. The van der Waals surface area contributed by atoms with Gasteiger partial charge in [-0.3, -0.25) is 0 Å². The van der Waals surface area contributed by atoms with Gasteiger partial charge in [-0.05, 0) is 41.9 Å². The summed E-state index contributed by atoms with van der Waals surface area (Å²) in [5, 5.41) is 0. The van der Waals surface area contributed by atoms with E-state index in [2.05, 4.69) is 22.0 Å². The summed E-state index contributed by atoms with van der Waals surface area (Å²) in [5.41, 5.74) is 9.34. The summed E-state index contributed by atoms with van der Waals surface area (Å²) in [4.78, 5) is 0. The van der Waals surface area contributed by atoms with Crippen molar-refractivity contribution in [3.63, 3.8) is 0 Å². The van der Waals surface area contributed by atoms with Crippen LogP contribution in [0.3, 0.4) is 0 Å².